The van der Waals surface area contributed by atoms with Crippen molar-refractivity contribution in [3.63, 3.8) is 0 Å². The molecule has 0 amide bonds. The van der Waals surface area contributed by atoms with Crippen LogP contribution >= 0.6 is 15.9 Å². The quantitative estimate of drug-likeness (QED) is 0.851. The van der Waals surface area contributed by atoms with Crippen molar-refractivity contribution < 1.29 is 0 Å². The van der Waals surface area contributed by atoms with Crippen molar-refractivity contribution in [1.82, 2.24) is 5.32 Å². The normalized spacial score (nSPS) is 12.2. The van der Waals surface area contributed by atoms with Gasteiger partial charge in [-0.1, -0.05) is 46.3 Å². The maximum Gasteiger partial charge on any atom is 0.0363 e. The van der Waals surface area contributed by atoms with Gasteiger partial charge in [-0.05, 0) is 43.3 Å². The Balaban J connectivity index is 1.97. The zero-order valence-corrected chi connectivity index (χ0v) is 13.6. The minimum absolute atomic E-state index is 0.374. The van der Waals surface area contributed by atoms with Crippen LogP contribution in [0.15, 0.2) is 59.1 Å². The second-order valence-electron chi connectivity index (χ2n) is 4.94. The average molecular weight is 333 g/mol. The number of benzene rings is 2. The van der Waals surface area contributed by atoms with Crippen LogP contribution in [0.3, 0.4) is 0 Å². The van der Waals surface area contributed by atoms with Gasteiger partial charge in [-0.2, -0.15) is 0 Å². The summed E-state index contributed by atoms with van der Waals surface area (Å²) in [6.45, 7) is 1.02. The fraction of sp³-hybridized carbons (Fsp3) is 0.294. The first kappa shape index (κ1) is 15.1. The Morgan fingerprint density at radius 1 is 1.10 bits per heavy atom. The number of anilines is 1. The third-order valence-electron chi connectivity index (χ3n) is 3.55. The molecule has 0 aromatic heterocycles. The predicted molar refractivity (Wildman–Crippen MR) is 90.3 cm³/mol. The van der Waals surface area contributed by atoms with E-state index >= 15 is 0 Å². The molecular weight excluding hydrogens is 312 g/mol. The van der Waals surface area contributed by atoms with E-state index < -0.39 is 0 Å². The topological polar surface area (TPSA) is 15.3 Å². The van der Waals surface area contributed by atoms with Gasteiger partial charge in [0.15, 0.2) is 0 Å². The van der Waals surface area contributed by atoms with Gasteiger partial charge < -0.3 is 10.2 Å². The molecule has 3 heteroatoms. The van der Waals surface area contributed by atoms with Gasteiger partial charge in [-0.3, -0.25) is 0 Å². The van der Waals surface area contributed by atoms with E-state index in [-0.39, 0.29) is 0 Å². The molecule has 0 spiro atoms. The average Bonchev–Trinajstić information content (AvgIpc) is 2.48. The monoisotopic (exact) mass is 332 g/mol. The third kappa shape index (κ3) is 4.09. The lowest BCUT2D eigenvalue weighted by Crippen LogP contribution is -2.25. The maximum absolute atomic E-state index is 3.54. The van der Waals surface area contributed by atoms with Crippen molar-refractivity contribution in [3.05, 3.63) is 64.6 Å². The SMILES string of the molecule is CNC(CCN(C)c1ccccc1)c1cccc(Br)c1. The molecule has 0 aliphatic heterocycles. The van der Waals surface area contributed by atoms with Gasteiger partial charge in [0.1, 0.15) is 0 Å². The summed E-state index contributed by atoms with van der Waals surface area (Å²) in [6.07, 6.45) is 1.07. The highest BCUT2D eigenvalue weighted by molar-refractivity contribution is 9.10. The molecule has 0 saturated carbocycles. The number of para-hydroxylation sites is 1. The number of hydrogen-bond acceptors (Lipinski definition) is 2. The number of halogens is 1. The van der Waals surface area contributed by atoms with Crippen LogP contribution in [0.25, 0.3) is 0 Å². The minimum Gasteiger partial charge on any atom is -0.375 e. The highest BCUT2D eigenvalue weighted by atomic mass is 79.9. The summed E-state index contributed by atoms with van der Waals surface area (Å²) in [6, 6.07) is 19.4. The molecule has 106 valence electrons. The summed E-state index contributed by atoms with van der Waals surface area (Å²) < 4.78 is 1.13. The first-order valence-corrected chi connectivity index (χ1v) is 7.69. The van der Waals surface area contributed by atoms with E-state index in [1.54, 1.807) is 0 Å². The van der Waals surface area contributed by atoms with Crippen LogP contribution in [0.5, 0.6) is 0 Å². The molecule has 0 radical (unpaired) electrons. The van der Waals surface area contributed by atoms with Crippen LogP contribution in [0, 0.1) is 0 Å². The molecule has 0 aliphatic rings. The molecule has 2 rings (SSSR count). The molecule has 0 aliphatic carbocycles. The Kier molecular flexibility index (Phi) is 5.62. The highest BCUT2D eigenvalue weighted by Crippen LogP contribution is 2.21. The zero-order chi connectivity index (χ0) is 14.4. The summed E-state index contributed by atoms with van der Waals surface area (Å²) in [4.78, 5) is 2.29. The van der Waals surface area contributed by atoms with Crippen molar-refractivity contribution in [1.29, 1.82) is 0 Å². The van der Waals surface area contributed by atoms with E-state index in [0.29, 0.717) is 6.04 Å². The van der Waals surface area contributed by atoms with Crippen LogP contribution in [0.2, 0.25) is 0 Å². The van der Waals surface area contributed by atoms with Crippen LogP contribution in [-0.2, 0) is 0 Å². The molecule has 0 heterocycles. The molecule has 2 aromatic rings. The van der Waals surface area contributed by atoms with Crippen LogP contribution < -0.4 is 10.2 Å². The Morgan fingerprint density at radius 3 is 2.50 bits per heavy atom. The first-order valence-electron chi connectivity index (χ1n) is 6.89. The minimum atomic E-state index is 0.374. The first-order chi connectivity index (χ1) is 9.70. The smallest absolute Gasteiger partial charge is 0.0363 e. The number of nitrogens with one attached hydrogen (secondary N) is 1. The second kappa shape index (κ2) is 7.46. The van der Waals surface area contributed by atoms with E-state index in [9.17, 15) is 0 Å². The summed E-state index contributed by atoms with van der Waals surface area (Å²) >= 11 is 3.54. The van der Waals surface area contributed by atoms with Gasteiger partial charge in [0, 0.05) is 29.8 Å². The largest absolute Gasteiger partial charge is 0.375 e. The second-order valence-corrected chi connectivity index (χ2v) is 5.86. The Labute approximate surface area is 129 Å². The van der Waals surface area contributed by atoms with Crippen LogP contribution in [0.4, 0.5) is 5.69 Å². The fourth-order valence-electron chi connectivity index (χ4n) is 2.34. The molecule has 1 N–H and O–H groups in total. The Bertz CT molecular complexity index is 528. The van der Waals surface area contributed by atoms with Gasteiger partial charge in [-0.15, -0.1) is 0 Å². The van der Waals surface area contributed by atoms with E-state index in [0.717, 1.165) is 17.4 Å². The molecule has 20 heavy (non-hydrogen) atoms. The summed E-state index contributed by atoms with van der Waals surface area (Å²) in [7, 11) is 4.16. The van der Waals surface area contributed by atoms with Gasteiger partial charge in [0.2, 0.25) is 0 Å². The van der Waals surface area contributed by atoms with Gasteiger partial charge >= 0.3 is 0 Å². The summed E-state index contributed by atoms with van der Waals surface area (Å²) in [5, 5.41) is 3.40. The van der Waals surface area contributed by atoms with Gasteiger partial charge in [0.05, 0.1) is 0 Å². The molecule has 1 unspecified atom stereocenters. The third-order valence-corrected chi connectivity index (χ3v) is 4.04. The summed E-state index contributed by atoms with van der Waals surface area (Å²) in [5.41, 5.74) is 2.58. The lowest BCUT2D eigenvalue weighted by atomic mass is 10.0. The highest BCUT2D eigenvalue weighted by Gasteiger charge is 2.10. The van der Waals surface area contributed by atoms with E-state index in [4.69, 9.17) is 0 Å². The zero-order valence-electron chi connectivity index (χ0n) is 12.0. The fourth-order valence-corrected chi connectivity index (χ4v) is 2.75. The van der Waals surface area contributed by atoms with Gasteiger partial charge in [-0.25, -0.2) is 0 Å². The molecular formula is C17H21BrN2. The van der Waals surface area contributed by atoms with E-state index in [1.807, 2.05) is 7.05 Å². The summed E-state index contributed by atoms with van der Waals surface area (Å²) in [5.74, 6) is 0. The van der Waals surface area contributed by atoms with Crippen molar-refractivity contribution in [3.8, 4) is 0 Å². The predicted octanol–water partition coefficient (Wildman–Crippen LogP) is 4.24. The molecule has 0 fully saturated rings. The van der Waals surface area contributed by atoms with E-state index in [2.05, 4.69) is 87.8 Å². The number of rotatable bonds is 6. The van der Waals surface area contributed by atoms with Crippen molar-refractivity contribution in [2.24, 2.45) is 0 Å². The Hall–Kier alpha value is -1.32. The standard InChI is InChI=1S/C17H21BrN2/c1-19-17(14-7-6-8-15(18)13-14)11-12-20(2)16-9-4-3-5-10-16/h3-10,13,17,19H,11-12H2,1-2H3. The Morgan fingerprint density at radius 2 is 1.85 bits per heavy atom. The van der Waals surface area contributed by atoms with Crippen molar-refractivity contribution in [2.45, 2.75) is 12.5 Å². The van der Waals surface area contributed by atoms with Crippen LogP contribution in [-0.4, -0.2) is 20.6 Å². The lowest BCUT2D eigenvalue weighted by molar-refractivity contribution is 0.549. The number of hydrogen-bond donors (Lipinski definition) is 1. The molecule has 0 saturated heterocycles. The van der Waals surface area contributed by atoms with E-state index in [1.165, 1.54) is 11.3 Å². The van der Waals surface area contributed by atoms with Crippen molar-refractivity contribution in [2.75, 3.05) is 25.5 Å². The molecule has 0 bridgehead atoms. The molecule has 2 aromatic carbocycles. The molecule has 1 atom stereocenters. The van der Waals surface area contributed by atoms with Gasteiger partial charge in [0.25, 0.3) is 0 Å². The molecule has 2 nitrogen and oxygen atoms in total. The lowest BCUT2D eigenvalue weighted by Gasteiger charge is -2.23. The van der Waals surface area contributed by atoms with Crippen molar-refractivity contribution >= 4 is 21.6 Å². The number of nitrogens with zero attached hydrogens (tertiary/aromatic N) is 1. The van der Waals surface area contributed by atoms with Crippen LogP contribution in [0.1, 0.15) is 18.0 Å². The maximum atomic E-state index is 3.54.